The molecule has 4 rings (SSSR count). The molecule has 0 radical (unpaired) electrons. The largest absolute Gasteiger partial charge is 0.488 e. The Morgan fingerprint density at radius 1 is 1.11 bits per heavy atom. The average molecular weight is 560 g/mol. The molecule has 2 saturated heterocycles. The number of nitro groups is 1. The molecule has 0 unspecified atom stereocenters. The van der Waals surface area contributed by atoms with Crippen LogP contribution in [0, 0.1) is 10.1 Å². The molecule has 182 valence electrons. The molecule has 0 saturated carbocycles. The fourth-order valence-corrected chi connectivity index (χ4v) is 5.00. The van der Waals surface area contributed by atoms with Crippen molar-refractivity contribution in [3.63, 3.8) is 0 Å². The van der Waals surface area contributed by atoms with Gasteiger partial charge in [0.2, 0.25) is 5.91 Å². The lowest BCUT2D eigenvalue weighted by molar-refractivity contribution is -0.384. The SMILES string of the molecule is O=C(CN1C(=O)S/C(=C\c2cc(Br)ccc2OCc2ccc([N+](=O)[O-])cc2)C1=O)N1CCCCC1. The van der Waals surface area contributed by atoms with Crippen LogP contribution in [0.3, 0.4) is 0 Å². The van der Waals surface area contributed by atoms with Crippen LogP contribution in [-0.2, 0) is 16.2 Å². The number of likely N-dealkylation sites (tertiary alicyclic amines) is 1. The number of imide groups is 1. The molecule has 11 heteroatoms. The lowest BCUT2D eigenvalue weighted by atomic mass is 10.1. The predicted octanol–water partition coefficient (Wildman–Crippen LogP) is 4.99. The van der Waals surface area contributed by atoms with Crippen LogP contribution in [0.15, 0.2) is 51.8 Å². The van der Waals surface area contributed by atoms with E-state index < -0.39 is 16.1 Å². The minimum Gasteiger partial charge on any atom is -0.488 e. The second kappa shape index (κ2) is 11.0. The smallest absolute Gasteiger partial charge is 0.294 e. The van der Waals surface area contributed by atoms with E-state index in [0.29, 0.717) is 24.4 Å². The highest BCUT2D eigenvalue weighted by Gasteiger charge is 2.37. The third-order valence-electron chi connectivity index (χ3n) is 5.68. The van der Waals surface area contributed by atoms with Crippen LogP contribution in [0.5, 0.6) is 5.75 Å². The van der Waals surface area contributed by atoms with Crippen LogP contribution in [0.4, 0.5) is 10.5 Å². The number of amides is 3. The van der Waals surface area contributed by atoms with Crippen molar-refractivity contribution < 1.29 is 24.0 Å². The molecule has 0 N–H and O–H groups in total. The normalized spacial score (nSPS) is 17.2. The Kier molecular flexibility index (Phi) is 7.86. The fraction of sp³-hybridized carbons (Fsp3) is 0.292. The van der Waals surface area contributed by atoms with Gasteiger partial charge >= 0.3 is 0 Å². The molecular formula is C24H22BrN3O6S. The molecule has 2 aliphatic rings. The lowest BCUT2D eigenvalue weighted by Gasteiger charge is -2.27. The first-order chi connectivity index (χ1) is 16.8. The zero-order chi connectivity index (χ0) is 24.9. The molecule has 9 nitrogen and oxygen atoms in total. The summed E-state index contributed by atoms with van der Waals surface area (Å²) in [5.74, 6) is -0.253. The minimum atomic E-state index is -0.508. The van der Waals surface area contributed by atoms with Gasteiger partial charge in [-0.3, -0.25) is 29.4 Å². The van der Waals surface area contributed by atoms with Gasteiger partial charge in [-0.05, 0) is 73.0 Å². The number of thioether (sulfide) groups is 1. The molecule has 0 spiro atoms. The Morgan fingerprint density at radius 2 is 1.83 bits per heavy atom. The molecule has 2 aliphatic heterocycles. The van der Waals surface area contributed by atoms with E-state index in [4.69, 9.17) is 4.74 Å². The zero-order valence-electron chi connectivity index (χ0n) is 18.6. The number of benzene rings is 2. The summed E-state index contributed by atoms with van der Waals surface area (Å²) in [6, 6.07) is 11.3. The molecule has 0 bridgehead atoms. The van der Waals surface area contributed by atoms with E-state index in [1.54, 1.807) is 41.3 Å². The number of nitrogens with zero attached hydrogens (tertiary/aromatic N) is 3. The van der Waals surface area contributed by atoms with E-state index in [2.05, 4.69) is 15.9 Å². The molecule has 3 amide bonds. The van der Waals surface area contributed by atoms with Gasteiger partial charge in [-0.1, -0.05) is 15.9 Å². The molecule has 0 atom stereocenters. The molecule has 0 aromatic heterocycles. The first-order valence-electron chi connectivity index (χ1n) is 11.0. The van der Waals surface area contributed by atoms with Crippen LogP contribution in [-0.4, -0.2) is 51.4 Å². The Hall–Kier alpha value is -3.18. The minimum absolute atomic E-state index is 0.00688. The second-order valence-electron chi connectivity index (χ2n) is 8.10. The summed E-state index contributed by atoms with van der Waals surface area (Å²) < 4.78 is 6.66. The number of piperidine rings is 1. The predicted molar refractivity (Wildman–Crippen MR) is 135 cm³/mol. The molecule has 2 heterocycles. The maximum atomic E-state index is 12.9. The van der Waals surface area contributed by atoms with Crippen LogP contribution in [0.2, 0.25) is 0 Å². The zero-order valence-corrected chi connectivity index (χ0v) is 21.0. The van der Waals surface area contributed by atoms with Crippen molar-refractivity contribution >= 4 is 56.5 Å². The van der Waals surface area contributed by atoms with Crippen molar-refractivity contribution in [2.45, 2.75) is 25.9 Å². The number of halogens is 1. The number of hydrogen-bond acceptors (Lipinski definition) is 7. The first kappa shape index (κ1) is 24.9. The number of hydrogen-bond donors (Lipinski definition) is 0. The van der Waals surface area contributed by atoms with Gasteiger partial charge in [0, 0.05) is 35.3 Å². The summed E-state index contributed by atoms with van der Waals surface area (Å²) in [6.07, 6.45) is 4.51. The summed E-state index contributed by atoms with van der Waals surface area (Å²) in [5, 5.41) is 10.4. The van der Waals surface area contributed by atoms with Crippen molar-refractivity contribution in [2.75, 3.05) is 19.6 Å². The Labute approximate surface area is 214 Å². The molecule has 0 aliphatic carbocycles. The Bertz CT molecular complexity index is 1190. The van der Waals surface area contributed by atoms with Crippen molar-refractivity contribution in [1.29, 1.82) is 0 Å². The summed E-state index contributed by atoms with van der Waals surface area (Å²) in [5.41, 5.74) is 1.31. The van der Waals surface area contributed by atoms with Crippen LogP contribution in [0.25, 0.3) is 6.08 Å². The van der Waals surface area contributed by atoms with Gasteiger partial charge in [0.15, 0.2) is 0 Å². The van der Waals surface area contributed by atoms with E-state index in [-0.39, 0.29) is 29.7 Å². The van der Waals surface area contributed by atoms with Crippen LogP contribution in [0.1, 0.15) is 30.4 Å². The van der Waals surface area contributed by atoms with Crippen LogP contribution < -0.4 is 4.74 Å². The highest BCUT2D eigenvalue weighted by molar-refractivity contribution is 9.10. The number of nitro benzene ring substituents is 1. The van der Waals surface area contributed by atoms with Crippen molar-refractivity contribution in [1.82, 2.24) is 9.80 Å². The maximum absolute atomic E-state index is 12.9. The van der Waals surface area contributed by atoms with Crippen molar-refractivity contribution in [3.05, 3.63) is 73.1 Å². The second-order valence-corrected chi connectivity index (χ2v) is 10.0. The quantitative estimate of drug-likeness (QED) is 0.267. The lowest BCUT2D eigenvalue weighted by Crippen LogP contribution is -2.44. The summed E-state index contributed by atoms with van der Waals surface area (Å²) >= 11 is 4.20. The topological polar surface area (TPSA) is 110 Å². The first-order valence-corrected chi connectivity index (χ1v) is 12.6. The van der Waals surface area contributed by atoms with E-state index >= 15 is 0 Å². The van der Waals surface area contributed by atoms with Crippen molar-refractivity contribution in [3.8, 4) is 5.75 Å². The van der Waals surface area contributed by atoms with Gasteiger partial charge in [0.1, 0.15) is 18.9 Å². The van der Waals surface area contributed by atoms with Gasteiger partial charge in [-0.2, -0.15) is 0 Å². The van der Waals surface area contributed by atoms with Gasteiger partial charge in [0.05, 0.1) is 9.83 Å². The monoisotopic (exact) mass is 559 g/mol. The third kappa shape index (κ3) is 6.09. The number of carbonyl (C=O) groups excluding carboxylic acids is 3. The standard InChI is InChI=1S/C24H22BrN3O6S/c25-18-6-9-20(34-15-16-4-7-19(8-5-16)28(32)33)17(12-18)13-21-23(30)27(24(31)35-21)14-22(29)26-10-2-1-3-11-26/h4-9,12-13H,1-3,10-11,14-15H2/b21-13-. The van der Waals surface area contributed by atoms with E-state index in [1.807, 2.05) is 0 Å². The van der Waals surface area contributed by atoms with E-state index in [1.165, 1.54) is 12.1 Å². The Morgan fingerprint density at radius 3 is 2.51 bits per heavy atom. The number of carbonyl (C=O) groups is 3. The number of ether oxygens (including phenoxy) is 1. The van der Waals surface area contributed by atoms with E-state index in [0.717, 1.165) is 46.0 Å². The van der Waals surface area contributed by atoms with Gasteiger partial charge in [-0.25, -0.2) is 0 Å². The molecular weight excluding hydrogens is 538 g/mol. The summed E-state index contributed by atoms with van der Waals surface area (Å²) in [7, 11) is 0. The molecule has 2 fully saturated rings. The highest BCUT2D eigenvalue weighted by atomic mass is 79.9. The summed E-state index contributed by atoms with van der Waals surface area (Å²) in [6.45, 7) is 1.20. The summed E-state index contributed by atoms with van der Waals surface area (Å²) in [4.78, 5) is 51.3. The van der Waals surface area contributed by atoms with Crippen molar-refractivity contribution in [2.24, 2.45) is 0 Å². The maximum Gasteiger partial charge on any atom is 0.294 e. The number of rotatable bonds is 7. The third-order valence-corrected chi connectivity index (χ3v) is 7.08. The van der Waals surface area contributed by atoms with Gasteiger partial charge in [0.25, 0.3) is 16.8 Å². The highest BCUT2D eigenvalue weighted by Crippen LogP contribution is 2.35. The Balaban J connectivity index is 1.48. The molecule has 35 heavy (non-hydrogen) atoms. The molecule has 2 aromatic carbocycles. The molecule has 2 aromatic rings. The van der Waals surface area contributed by atoms with Gasteiger partial charge in [-0.15, -0.1) is 0 Å². The fourth-order valence-electron chi connectivity index (χ4n) is 3.79. The number of non-ortho nitro benzene ring substituents is 1. The van der Waals surface area contributed by atoms with E-state index in [9.17, 15) is 24.5 Å². The van der Waals surface area contributed by atoms with Gasteiger partial charge < -0.3 is 9.64 Å². The average Bonchev–Trinajstić information content (AvgIpc) is 3.11. The van der Waals surface area contributed by atoms with Crippen LogP contribution >= 0.6 is 27.7 Å².